The van der Waals surface area contributed by atoms with Crippen molar-refractivity contribution in [2.45, 2.75) is 19.9 Å². The van der Waals surface area contributed by atoms with Crippen molar-refractivity contribution in [1.82, 2.24) is 9.88 Å². The van der Waals surface area contributed by atoms with E-state index in [2.05, 4.69) is 10.3 Å². The van der Waals surface area contributed by atoms with E-state index in [0.29, 0.717) is 0 Å². The van der Waals surface area contributed by atoms with E-state index >= 15 is 0 Å². The molecule has 0 aliphatic rings. The number of nitrogens with zero attached hydrogens (tertiary/aromatic N) is 2. The third kappa shape index (κ3) is 2.84. The highest BCUT2D eigenvalue weighted by molar-refractivity contribution is 5.94. The smallest absolute Gasteiger partial charge is 0.244 e. The molecular formula is C15H19N3O. The predicted molar refractivity (Wildman–Crippen MR) is 78.3 cm³/mol. The molecular weight excluding hydrogens is 238 g/mol. The topological polar surface area (TPSA) is 45.2 Å². The number of likely N-dealkylation sites (N-methyl/N-ethyl adjacent to an activating group) is 1. The van der Waals surface area contributed by atoms with E-state index in [0.717, 1.165) is 22.3 Å². The Morgan fingerprint density at radius 1 is 1.32 bits per heavy atom. The fourth-order valence-electron chi connectivity index (χ4n) is 2.11. The maximum atomic E-state index is 11.9. The Balaban J connectivity index is 2.37. The number of benzene rings is 1. The molecule has 1 atom stereocenters. The van der Waals surface area contributed by atoms with Gasteiger partial charge in [-0.3, -0.25) is 9.78 Å². The Kier molecular flexibility index (Phi) is 3.69. The van der Waals surface area contributed by atoms with Crippen LogP contribution in [-0.4, -0.2) is 35.9 Å². The summed E-state index contributed by atoms with van der Waals surface area (Å²) in [6.45, 7) is 3.82. The molecule has 1 aromatic carbocycles. The number of hydrogen-bond donors (Lipinski definition) is 1. The van der Waals surface area contributed by atoms with Gasteiger partial charge in [0.25, 0.3) is 0 Å². The Bertz CT molecular complexity index is 607. The van der Waals surface area contributed by atoms with Crippen LogP contribution < -0.4 is 5.32 Å². The van der Waals surface area contributed by atoms with E-state index in [1.807, 2.05) is 44.2 Å². The molecule has 19 heavy (non-hydrogen) atoms. The number of nitrogens with one attached hydrogen (secondary N) is 1. The Morgan fingerprint density at radius 2 is 2.00 bits per heavy atom. The molecule has 2 aromatic rings. The summed E-state index contributed by atoms with van der Waals surface area (Å²) in [6.07, 6.45) is 0. The average Bonchev–Trinajstić information content (AvgIpc) is 2.37. The second-order valence-electron chi connectivity index (χ2n) is 4.93. The van der Waals surface area contributed by atoms with Crippen molar-refractivity contribution in [2.24, 2.45) is 0 Å². The first kappa shape index (κ1) is 13.3. The number of rotatable bonds is 3. The lowest BCUT2D eigenvalue weighted by molar-refractivity contribution is -0.129. The van der Waals surface area contributed by atoms with Crippen molar-refractivity contribution in [2.75, 3.05) is 19.4 Å². The summed E-state index contributed by atoms with van der Waals surface area (Å²) >= 11 is 0. The van der Waals surface area contributed by atoms with Gasteiger partial charge in [0.1, 0.15) is 6.04 Å². The molecule has 0 aliphatic carbocycles. The van der Waals surface area contributed by atoms with Gasteiger partial charge in [-0.25, -0.2) is 0 Å². The van der Waals surface area contributed by atoms with Crippen LogP contribution in [0.4, 0.5) is 5.69 Å². The second kappa shape index (κ2) is 5.26. The summed E-state index contributed by atoms with van der Waals surface area (Å²) in [5.41, 5.74) is 2.83. The maximum absolute atomic E-state index is 11.9. The van der Waals surface area contributed by atoms with Crippen molar-refractivity contribution < 1.29 is 4.79 Å². The van der Waals surface area contributed by atoms with Gasteiger partial charge in [0.15, 0.2) is 0 Å². The van der Waals surface area contributed by atoms with Gasteiger partial charge in [0.2, 0.25) is 5.91 Å². The van der Waals surface area contributed by atoms with Crippen LogP contribution in [0.5, 0.6) is 0 Å². The highest BCUT2D eigenvalue weighted by Gasteiger charge is 2.15. The molecule has 1 N–H and O–H groups in total. The quantitative estimate of drug-likeness (QED) is 0.918. The van der Waals surface area contributed by atoms with E-state index < -0.39 is 0 Å². The minimum atomic E-state index is -0.264. The first-order valence-electron chi connectivity index (χ1n) is 6.33. The van der Waals surface area contributed by atoms with Gasteiger partial charge in [-0.15, -0.1) is 0 Å². The van der Waals surface area contributed by atoms with Crippen LogP contribution in [0.15, 0.2) is 30.3 Å². The lowest BCUT2D eigenvalue weighted by atomic mass is 10.1. The number of hydrogen-bond acceptors (Lipinski definition) is 3. The highest BCUT2D eigenvalue weighted by Crippen LogP contribution is 2.23. The lowest BCUT2D eigenvalue weighted by Crippen LogP contribution is -2.36. The van der Waals surface area contributed by atoms with E-state index in [9.17, 15) is 4.79 Å². The molecule has 0 saturated heterocycles. The molecule has 1 heterocycles. The first-order chi connectivity index (χ1) is 8.99. The normalized spacial score (nSPS) is 12.2. The third-order valence-corrected chi connectivity index (χ3v) is 3.03. The van der Waals surface area contributed by atoms with Gasteiger partial charge in [-0.1, -0.05) is 18.2 Å². The molecule has 0 fully saturated rings. The minimum absolute atomic E-state index is 0.0542. The molecule has 0 spiro atoms. The Labute approximate surface area is 113 Å². The highest BCUT2D eigenvalue weighted by atomic mass is 16.2. The monoisotopic (exact) mass is 257 g/mol. The average molecular weight is 257 g/mol. The van der Waals surface area contributed by atoms with E-state index in [1.165, 1.54) is 0 Å². The van der Waals surface area contributed by atoms with E-state index in [4.69, 9.17) is 0 Å². The minimum Gasteiger partial charge on any atom is -0.373 e. The largest absolute Gasteiger partial charge is 0.373 e. The van der Waals surface area contributed by atoms with Gasteiger partial charge < -0.3 is 10.2 Å². The van der Waals surface area contributed by atoms with Crippen molar-refractivity contribution in [1.29, 1.82) is 0 Å². The SMILES string of the molecule is Cc1cc(NC(C)C(=O)N(C)C)c2ccccc2n1. The van der Waals surface area contributed by atoms with Gasteiger partial charge in [-0.05, 0) is 26.0 Å². The number of pyridine rings is 1. The molecule has 1 unspecified atom stereocenters. The molecule has 4 nitrogen and oxygen atoms in total. The van der Waals surface area contributed by atoms with Crippen LogP contribution in [0.1, 0.15) is 12.6 Å². The van der Waals surface area contributed by atoms with E-state index in [-0.39, 0.29) is 11.9 Å². The number of carbonyl (C=O) groups is 1. The number of fused-ring (bicyclic) bond motifs is 1. The molecule has 4 heteroatoms. The van der Waals surface area contributed by atoms with Crippen LogP contribution in [0.3, 0.4) is 0 Å². The summed E-state index contributed by atoms with van der Waals surface area (Å²) < 4.78 is 0. The third-order valence-electron chi connectivity index (χ3n) is 3.03. The molecule has 2 rings (SSSR count). The molecule has 0 aliphatic heterocycles. The van der Waals surface area contributed by atoms with Gasteiger partial charge in [-0.2, -0.15) is 0 Å². The molecule has 100 valence electrons. The Hall–Kier alpha value is -2.10. The standard InChI is InChI=1S/C15H19N3O/c1-10-9-14(17-11(2)15(19)18(3)4)12-7-5-6-8-13(12)16-10/h5-9,11H,1-4H3,(H,16,17). The van der Waals surface area contributed by atoms with Crippen LogP contribution in [0.2, 0.25) is 0 Å². The number of aryl methyl sites for hydroxylation is 1. The zero-order chi connectivity index (χ0) is 14.0. The number of aromatic nitrogens is 1. The summed E-state index contributed by atoms with van der Waals surface area (Å²) in [6, 6.07) is 9.64. The first-order valence-corrected chi connectivity index (χ1v) is 6.33. The molecule has 1 amide bonds. The van der Waals surface area contributed by atoms with Gasteiger partial charge in [0, 0.05) is 30.9 Å². The Morgan fingerprint density at radius 3 is 2.68 bits per heavy atom. The molecule has 0 radical (unpaired) electrons. The van der Waals surface area contributed by atoms with Gasteiger partial charge >= 0.3 is 0 Å². The molecule has 0 saturated carbocycles. The lowest BCUT2D eigenvalue weighted by Gasteiger charge is -2.20. The predicted octanol–water partition coefficient (Wildman–Crippen LogP) is 2.43. The maximum Gasteiger partial charge on any atom is 0.244 e. The number of anilines is 1. The van der Waals surface area contributed by atoms with Crippen LogP contribution in [0.25, 0.3) is 10.9 Å². The molecule has 0 bridgehead atoms. The zero-order valence-corrected chi connectivity index (χ0v) is 11.8. The number of carbonyl (C=O) groups excluding carboxylic acids is 1. The summed E-state index contributed by atoms with van der Waals surface area (Å²) in [7, 11) is 3.52. The van der Waals surface area contributed by atoms with Gasteiger partial charge in [0.05, 0.1) is 5.52 Å². The van der Waals surface area contributed by atoms with E-state index in [1.54, 1.807) is 19.0 Å². The summed E-state index contributed by atoms with van der Waals surface area (Å²) in [5, 5.41) is 4.31. The summed E-state index contributed by atoms with van der Waals surface area (Å²) in [4.78, 5) is 18.0. The van der Waals surface area contributed by atoms with Crippen molar-refractivity contribution in [3.8, 4) is 0 Å². The van der Waals surface area contributed by atoms with Crippen molar-refractivity contribution in [3.05, 3.63) is 36.0 Å². The van der Waals surface area contributed by atoms with Crippen LogP contribution in [-0.2, 0) is 4.79 Å². The van der Waals surface area contributed by atoms with Crippen LogP contribution >= 0.6 is 0 Å². The second-order valence-corrected chi connectivity index (χ2v) is 4.93. The summed E-state index contributed by atoms with van der Waals surface area (Å²) in [5.74, 6) is 0.0542. The van der Waals surface area contributed by atoms with Crippen molar-refractivity contribution in [3.63, 3.8) is 0 Å². The zero-order valence-electron chi connectivity index (χ0n) is 11.8. The molecule has 1 aromatic heterocycles. The fourth-order valence-corrected chi connectivity index (χ4v) is 2.11. The number of para-hydroxylation sites is 1. The number of amides is 1. The fraction of sp³-hybridized carbons (Fsp3) is 0.333. The van der Waals surface area contributed by atoms with Crippen LogP contribution in [0, 0.1) is 6.92 Å². The van der Waals surface area contributed by atoms with Crippen molar-refractivity contribution >= 4 is 22.5 Å².